The van der Waals surface area contributed by atoms with Gasteiger partial charge in [0.05, 0.1) is 10.7 Å². The Balaban J connectivity index is 1.68. The van der Waals surface area contributed by atoms with E-state index < -0.39 is 6.04 Å². The van der Waals surface area contributed by atoms with Gasteiger partial charge in [0.2, 0.25) is 11.8 Å². The lowest BCUT2D eigenvalue weighted by molar-refractivity contribution is -0.134. The molecule has 2 heterocycles. The van der Waals surface area contributed by atoms with Crippen molar-refractivity contribution in [2.45, 2.75) is 32.2 Å². The number of rotatable bonds is 6. The van der Waals surface area contributed by atoms with E-state index in [4.69, 9.17) is 0 Å². The van der Waals surface area contributed by atoms with Gasteiger partial charge in [-0.15, -0.1) is 11.3 Å². The zero-order valence-electron chi connectivity index (χ0n) is 14.9. The molecule has 0 bridgehead atoms. The van der Waals surface area contributed by atoms with E-state index in [0.717, 1.165) is 42.2 Å². The van der Waals surface area contributed by atoms with Crippen LogP contribution in [0, 0.1) is 6.92 Å². The number of nitrogens with zero attached hydrogens (tertiary/aromatic N) is 2. The van der Waals surface area contributed by atoms with Crippen LogP contribution in [0.1, 0.15) is 29.1 Å². The van der Waals surface area contributed by atoms with Crippen LogP contribution in [-0.4, -0.2) is 40.8 Å². The summed E-state index contributed by atoms with van der Waals surface area (Å²) in [5.74, 6) is -0.276. The molecule has 26 heavy (non-hydrogen) atoms. The van der Waals surface area contributed by atoms with E-state index in [1.54, 1.807) is 6.08 Å². The van der Waals surface area contributed by atoms with Crippen LogP contribution >= 0.6 is 11.3 Å². The van der Waals surface area contributed by atoms with Gasteiger partial charge in [-0.25, -0.2) is 4.98 Å². The van der Waals surface area contributed by atoms with Crippen molar-refractivity contribution >= 4 is 29.2 Å². The van der Waals surface area contributed by atoms with Gasteiger partial charge in [-0.2, -0.15) is 0 Å². The summed E-state index contributed by atoms with van der Waals surface area (Å²) in [6, 6.07) is 9.23. The maximum absolute atomic E-state index is 12.8. The van der Waals surface area contributed by atoms with Crippen molar-refractivity contribution in [1.29, 1.82) is 0 Å². The first-order valence-corrected chi connectivity index (χ1v) is 9.73. The molecule has 2 aromatic rings. The van der Waals surface area contributed by atoms with Crippen LogP contribution in [0.5, 0.6) is 0 Å². The molecule has 6 heteroatoms. The number of nitrogens with one attached hydrogen (secondary N) is 1. The highest BCUT2D eigenvalue weighted by Crippen LogP contribution is 2.13. The van der Waals surface area contributed by atoms with E-state index in [9.17, 15) is 9.59 Å². The van der Waals surface area contributed by atoms with Crippen molar-refractivity contribution in [1.82, 2.24) is 15.2 Å². The molecule has 1 aromatic heterocycles. The molecule has 0 unspecified atom stereocenters. The molecule has 1 saturated heterocycles. The van der Waals surface area contributed by atoms with Crippen LogP contribution in [0.15, 0.2) is 41.8 Å². The lowest BCUT2D eigenvalue weighted by atomic mass is 10.0. The number of aromatic nitrogens is 1. The second-order valence-electron chi connectivity index (χ2n) is 6.41. The quantitative estimate of drug-likeness (QED) is 0.797. The fraction of sp³-hybridized carbons (Fsp3) is 0.350. The van der Waals surface area contributed by atoms with Crippen molar-refractivity contribution in [3.63, 3.8) is 0 Å². The van der Waals surface area contributed by atoms with Crippen LogP contribution < -0.4 is 5.32 Å². The fourth-order valence-corrected chi connectivity index (χ4v) is 3.63. The topological polar surface area (TPSA) is 62.3 Å². The summed E-state index contributed by atoms with van der Waals surface area (Å²) >= 11 is 1.54. The number of aryl methyl sites for hydroxylation is 1. The molecular formula is C20H23N3O2S. The molecule has 1 N–H and O–H groups in total. The van der Waals surface area contributed by atoms with E-state index >= 15 is 0 Å². The average molecular weight is 369 g/mol. The predicted molar refractivity (Wildman–Crippen MR) is 104 cm³/mol. The fourth-order valence-electron chi connectivity index (χ4n) is 3.05. The normalized spacial score (nSPS) is 15.3. The molecule has 1 aliphatic rings. The largest absolute Gasteiger partial charge is 0.341 e. The van der Waals surface area contributed by atoms with Crippen molar-refractivity contribution in [2.24, 2.45) is 0 Å². The molecule has 2 amide bonds. The van der Waals surface area contributed by atoms with Crippen LogP contribution in [-0.2, 0) is 16.0 Å². The summed E-state index contributed by atoms with van der Waals surface area (Å²) in [6.45, 7) is 3.47. The maximum Gasteiger partial charge on any atom is 0.245 e. The third kappa shape index (κ3) is 5.02. The first kappa shape index (κ1) is 18.3. The molecular weight excluding hydrogens is 346 g/mol. The summed E-state index contributed by atoms with van der Waals surface area (Å²) in [5, 5.41) is 5.73. The Morgan fingerprint density at radius 1 is 1.27 bits per heavy atom. The van der Waals surface area contributed by atoms with Crippen molar-refractivity contribution < 1.29 is 9.59 Å². The minimum Gasteiger partial charge on any atom is -0.341 e. The number of likely N-dealkylation sites (tertiary alicyclic amines) is 1. The predicted octanol–water partition coefficient (Wildman–Crippen LogP) is 2.81. The van der Waals surface area contributed by atoms with Gasteiger partial charge < -0.3 is 10.2 Å². The molecule has 0 spiro atoms. The summed E-state index contributed by atoms with van der Waals surface area (Å²) in [6.07, 6.45) is 5.68. The zero-order chi connectivity index (χ0) is 18.4. The van der Waals surface area contributed by atoms with Crippen LogP contribution in [0.4, 0.5) is 0 Å². The standard InChI is InChI=1S/C20H23N3O2S/c1-15-21-17(14-26-15)9-10-19(24)22-18(13-16-7-3-2-4-8-16)20(25)23-11-5-6-12-23/h2-4,7-10,14,18H,5-6,11-13H2,1H3,(H,22,24)/b10-9-/t18-/m0/s1. The molecule has 0 radical (unpaired) electrons. The van der Waals surface area contributed by atoms with Crippen molar-refractivity contribution in [3.8, 4) is 0 Å². The Morgan fingerprint density at radius 3 is 2.65 bits per heavy atom. The summed E-state index contributed by atoms with van der Waals surface area (Å²) in [7, 11) is 0. The van der Waals surface area contributed by atoms with Gasteiger partial charge in [-0.05, 0) is 31.4 Å². The minimum atomic E-state index is -0.551. The highest BCUT2D eigenvalue weighted by molar-refractivity contribution is 7.09. The van der Waals surface area contributed by atoms with Crippen LogP contribution in [0.25, 0.3) is 6.08 Å². The number of benzene rings is 1. The van der Waals surface area contributed by atoms with E-state index in [1.165, 1.54) is 17.4 Å². The van der Waals surface area contributed by atoms with E-state index in [0.29, 0.717) is 6.42 Å². The number of hydrogen-bond acceptors (Lipinski definition) is 4. The zero-order valence-corrected chi connectivity index (χ0v) is 15.7. The van der Waals surface area contributed by atoms with Crippen molar-refractivity contribution in [2.75, 3.05) is 13.1 Å². The van der Waals surface area contributed by atoms with Crippen molar-refractivity contribution in [3.05, 3.63) is 58.1 Å². The number of carbonyl (C=O) groups is 2. The average Bonchev–Trinajstić information content (AvgIpc) is 3.31. The van der Waals surface area contributed by atoms with Gasteiger partial charge >= 0.3 is 0 Å². The van der Waals surface area contributed by atoms with Gasteiger partial charge in [-0.3, -0.25) is 9.59 Å². The third-order valence-electron chi connectivity index (χ3n) is 4.36. The van der Waals surface area contributed by atoms with E-state index in [2.05, 4.69) is 10.3 Å². The molecule has 1 fully saturated rings. The van der Waals surface area contributed by atoms with Gasteiger partial charge in [0.1, 0.15) is 6.04 Å². The smallest absolute Gasteiger partial charge is 0.245 e. The van der Waals surface area contributed by atoms with Gasteiger partial charge in [0.15, 0.2) is 0 Å². The Bertz CT molecular complexity index is 779. The molecule has 0 aliphatic carbocycles. The Morgan fingerprint density at radius 2 is 2.00 bits per heavy atom. The number of hydrogen-bond donors (Lipinski definition) is 1. The number of carbonyl (C=O) groups excluding carboxylic acids is 2. The van der Waals surface area contributed by atoms with E-state index in [-0.39, 0.29) is 11.8 Å². The molecule has 0 saturated carbocycles. The molecule has 3 rings (SSSR count). The van der Waals surface area contributed by atoms with Gasteiger partial charge in [0.25, 0.3) is 0 Å². The monoisotopic (exact) mass is 369 g/mol. The Hall–Kier alpha value is -2.47. The molecule has 136 valence electrons. The molecule has 1 atom stereocenters. The first-order valence-electron chi connectivity index (χ1n) is 8.85. The molecule has 5 nitrogen and oxygen atoms in total. The maximum atomic E-state index is 12.8. The lowest BCUT2D eigenvalue weighted by Gasteiger charge is -2.23. The summed E-state index contributed by atoms with van der Waals surface area (Å²) < 4.78 is 0. The van der Waals surface area contributed by atoms with Crippen LogP contribution in [0.2, 0.25) is 0 Å². The highest BCUT2D eigenvalue weighted by Gasteiger charge is 2.27. The SMILES string of the molecule is Cc1nc(/C=C\C(=O)N[C@@H](Cc2ccccc2)C(=O)N2CCCC2)cs1. The first-order chi connectivity index (χ1) is 12.6. The highest BCUT2D eigenvalue weighted by atomic mass is 32.1. The van der Waals surface area contributed by atoms with Crippen LogP contribution in [0.3, 0.4) is 0 Å². The second kappa shape index (κ2) is 8.76. The Labute approximate surface area is 157 Å². The van der Waals surface area contributed by atoms with Gasteiger partial charge in [-0.1, -0.05) is 30.3 Å². The molecule has 1 aliphatic heterocycles. The minimum absolute atomic E-state index is 0.00222. The Kier molecular flexibility index (Phi) is 6.17. The number of amides is 2. The molecule has 1 aromatic carbocycles. The summed E-state index contributed by atoms with van der Waals surface area (Å²) in [4.78, 5) is 31.3. The lowest BCUT2D eigenvalue weighted by Crippen LogP contribution is -2.48. The summed E-state index contributed by atoms with van der Waals surface area (Å²) in [5.41, 5.74) is 1.79. The van der Waals surface area contributed by atoms with Gasteiger partial charge in [0, 0.05) is 31.0 Å². The third-order valence-corrected chi connectivity index (χ3v) is 5.15. The second-order valence-corrected chi connectivity index (χ2v) is 7.47. The number of thiazole rings is 1. The van der Waals surface area contributed by atoms with E-state index in [1.807, 2.05) is 47.5 Å².